The van der Waals surface area contributed by atoms with E-state index in [1.165, 1.54) is 12.1 Å². The first kappa shape index (κ1) is 30.9. The van der Waals surface area contributed by atoms with Crippen molar-refractivity contribution >= 4 is 17.5 Å². The van der Waals surface area contributed by atoms with Crippen LogP contribution in [0.15, 0.2) is 24.3 Å². The second-order valence-electron chi connectivity index (χ2n) is 8.83. The third-order valence-electron chi connectivity index (χ3n) is 5.98. The van der Waals surface area contributed by atoms with Crippen LogP contribution < -0.4 is 15.4 Å². The minimum Gasteiger partial charge on any atom is -0.463 e. The van der Waals surface area contributed by atoms with Gasteiger partial charge >= 0.3 is 12.1 Å². The van der Waals surface area contributed by atoms with E-state index in [0.717, 1.165) is 19.1 Å². The first-order chi connectivity index (χ1) is 18.3. The predicted octanol–water partition coefficient (Wildman–Crippen LogP) is -2.67. The van der Waals surface area contributed by atoms with Crippen molar-refractivity contribution in [2.45, 2.75) is 74.4 Å². The molecule has 2 saturated heterocycles. The number of ether oxygens (including phenoxy) is 4. The van der Waals surface area contributed by atoms with Gasteiger partial charge in [0, 0.05) is 12.6 Å². The smallest absolute Gasteiger partial charge is 0.463 e. The molecule has 220 valence electrons. The summed E-state index contributed by atoms with van der Waals surface area (Å²) in [4.78, 5) is 22.9. The Morgan fingerprint density at radius 2 is 1.49 bits per heavy atom. The zero-order chi connectivity index (χ0) is 29.1. The Hall–Kier alpha value is -2.61. The van der Waals surface area contributed by atoms with Gasteiger partial charge in [-0.3, -0.25) is 9.59 Å². The number of carbonyl (C=O) groups is 2. The molecule has 0 bridgehead atoms. The number of nitrogens with one attached hydrogen (secondary N) is 2. The molecule has 10 atom stereocenters. The van der Waals surface area contributed by atoms with Crippen molar-refractivity contribution in [3.05, 3.63) is 24.3 Å². The lowest BCUT2D eigenvalue weighted by molar-refractivity contribution is -0.343. The molecule has 2 aliphatic heterocycles. The fraction of sp³-hybridized carbons (Fsp3) is 0.636. The molecule has 1 aromatic rings. The Morgan fingerprint density at radius 3 is 2.03 bits per heavy atom. The molecule has 0 radical (unpaired) electrons. The molecule has 17 heteroatoms. The number of carbonyl (C=O) groups excluding carboxylic acids is 2. The van der Waals surface area contributed by atoms with Crippen LogP contribution in [-0.4, -0.2) is 123 Å². The molecule has 0 aliphatic carbocycles. The van der Waals surface area contributed by atoms with E-state index in [4.69, 9.17) is 18.9 Å². The van der Waals surface area contributed by atoms with Gasteiger partial charge in [-0.1, -0.05) is 0 Å². The normalized spacial score (nSPS) is 35.2. The van der Waals surface area contributed by atoms with E-state index in [2.05, 4.69) is 5.32 Å². The van der Waals surface area contributed by atoms with Crippen molar-refractivity contribution in [1.82, 2.24) is 5.32 Å². The summed E-state index contributed by atoms with van der Waals surface area (Å²) in [5.41, 5.74) is -0.200. The van der Waals surface area contributed by atoms with E-state index in [-0.39, 0.29) is 11.4 Å². The molecule has 0 aromatic heterocycles. The number of hydrogen-bond donors (Lipinski definition) is 8. The van der Waals surface area contributed by atoms with Crippen LogP contribution in [0.5, 0.6) is 5.75 Å². The van der Waals surface area contributed by atoms with Gasteiger partial charge in [0.15, 0.2) is 6.29 Å². The highest BCUT2D eigenvalue weighted by molar-refractivity contribution is 5.94. The lowest BCUT2D eigenvalue weighted by Gasteiger charge is -2.47. The van der Waals surface area contributed by atoms with Crippen LogP contribution in [0.3, 0.4) is 0 Å². The number of alkyl halides is 3. The van der Waals surface area contributed by atoms with Crippen LogP contribution >= 0.6 is 0 Å². The summed E-state index contributed by atoms with van der Waals surface area (Å²) < 4.78 is 59.5. The van der Waals surface area contributed by atoms with E-state index in [0.29, 0.717) is 0 Å². The zero-order valence-electron chi connectivity index (χ0n) is 20.3. The van der Waals surface area contributed by atoms with Gasteiger partial charge in [0.05, 0.1) is 13.2 Å². The lowest BCUT2D eigenvalue weighted by Crippen LogP contribution is -2.68. The van der Waals surface area contributed by atoms with E-state index in [9.17, 15) is 53.4 Å². The maximum Gasteiger partial charge on any atom is 0.471 e. The van der Waals surface area contributed by atoms with Gasteiger partial charge in [0.25, 0.3) is 0 Å². The molecule has 0 unspecified atom stereocenters. The number of hydrogen-bond acceptors (Lipinski definition) is 12. The van der Waals surface area contributed by atoms with E-state index in [1.807, 2.05) is 0 Å². The van der Waals surface area contributed by atoms with Crippen molar-refractivity contribution in [3.8, 4) is 5.75 Å². The summed E-state index contributed by atoms with van der Waals surface area (Å²) in [5, 5.41) is 64.6. The van der Waals surface area contributed by atoms with Crippen LogP contribution in [0.2, 0.25) is 0 Å². The highest BCUT2D eigenvalue weighted by atomic mass is 19.4. The van der Waals surface area contributed by atoms with Crippen LogP contribution in [-0.2, 0) is 23.8 Å². The lowest BCUT2D eigenvalue weighted by atomic mass is 9.95. The minimum absolute atomic E-state index is 0.0162. The van der Waals surface area contributed by atoms with Gasteiger partial charge in [-0.15, -0.1) is 0 Å². The molecular weight excluding hydrogens is 541 g/mol. The zero-order valence-corrected chi connectivity index (χ0v) is 20.3. The standard InChI is InChI=1S/C22H29F3N2O12/c1-8(30)26-13-15(32)18(39-20-17(34)16(33)14(31)11(6-28)37-20)12(7-29)38-19(13)36-10-4-2-9(3-5-10)27-21(35)22(23,24)25/h2-5,11-20,28-29,31-34H,6-7H2,1H3,(H,26,30)(H,27,35)/t11-,12-,13+,14-,15-,16+,17+,18-,19+,20+/m1/s1. The van der Waals surface area contributed by atoms with Crippen LogP contribution in [0.25, 0.3) is 0 Å². The number of amides is 2. The molecule has 8 N–H and O–H groups in total. The maximum atomic E-state index is 12.5. The number of anilines is 1. The van der Waals surface area contributed by atoms with Crippen molar-refractivity contribution in [2.75, 3.05) is 18.5 Å². The van der Waals surface area contributed by atoms with Crippen molar-refractivity contribution in [1.29, 1.82) is 0 Å². The van der Waals surface area contributed by atoms with E-state index >= 15 is 0 Å². The predicted molar refractivity (Wildman–Crippen MR) is 120 cm³/mol. The van der Waals surface area contributed by atoms with E-state index < -0.39 is 92.6 Å². The Balaban J connectivity index is 1.77. The number of aliphatic hydroxyl groups excluding tert-OH is 6. The van der Waals surface area contributed by atoms with Gasteiger partial charge in [-0.05, 0) is 24.3 Å². The molecule has 0 spiro atoms. The van der Waals surface area contributed by atoms with Gasteiger partial charge in [-0.2, -0.15) is 13.2 Å². The van der Waals surface area contributed by atoms with Gasteiger partial charge in [0.1, 0.15) is 54.5 Å². The topological polar surface area (TPSA) is 216 Å². The van der Waals surface area contributed by atoms with Crippen molar-refractivity contribution in [3.63, 3.8) is 0 Å². The van der Waals surface area contributed by atoms with E-state index in [1.54, 1.807) is 5.32 Å². The van der Waals surface area contributed by atoms with Gasteiger partial charge in [-0.25, -0.2) is 0 Å². The molecule has 2 heterocycles. The van der Waals surface area contributed by atoms with Crippen molar-refractivity contribution in [2.24, 2.45) is 0 Å². The van der Waals surface area contributed by atoms with Gasteiger partial charge in [0.2, 0.25) is 12.2 Å². The summed E-state index contributed by atoms with van der Waals surface area (Å²) in [5.74, 6) is -2.84. The highest BCUT2D eigenvalue weighted by Gasteiger charge is 2.51. The maximum absolute atomic E-state index is 12.5. The molecule has 1 aromatic carbocycles. The number of benzene rings is 1. The SMILES string of the molecule is CC(=O)N[C@@H]1[C@@H](Oc2ccc(NC(=O)C(F)(F)F)cc2)O[C@H](CO)[C@@H](O[C@@H]2O[C@H](CO)[C@@H](O)[C@H](O)[C@@H]2O)[C@@H]1O. The minimum atomic E-state index is -5.10. The Labute approximate surface area is 218 Å². The summed E-state index contributed by atoms with van der Waals surface area (Å²) in [6.07, 6.45) is -19.5. The third-order valence-corrected chi connectivity index (χ3v) is 5.98. The van der Waals surface area contributed by atoms with Crippen LogP contribution in [0, 0.1) is 0 Å². The quantitative estimate of drug-likeness (QED) is 0.161. The first-order valence-electron chi connectivity index (χ1n) is 11.6. The monoisotopic (exact) mass is 570 g/mol. The van der Waals surface area contributed by atoms with Crippen LogP contribution in [0.1, 0.15) is 6.92 Å². The molecule has 3 rings (SSSR count). The number of aliphatic hydroxyl groups is 6. The average Bonchev–Trinajstić information content (AvgIpc) is 2.87. The second kappa shape index (κ2) is 12.7. The molecule has 14 nitrogen and oxygen atoms in total. The summed E-state index contributed by atoms with van der Waals surface area (Å²) in [6.45, 7) is -0.414. The van der Waals surface area contributed by atoms with Gasteiger partial charge < -0.3 is 60.2 Å². The Bertz CT molecular complexity index is 982. The Kier molecular flexibility index (Phi) is 10.1. The summed E-state index contributed by atoms with van der Waals surface area (Å²) in [7, 11) is 0. The second-order valence-corrected chi connectivity index (χ2v) is 8.83. The fourth-order valence-corrected chi connectivity index (χ4v) is 4.01. The largest absolute Gasteiger partial charge is 0.471 e. The number of halogens is 3. The fourth-order valence-electron chi connectivity index (χ4n) is 4.01. The molecular formula is C22H29F3N2O12. The Morgan fingerprint density at radius 1 is 0.897 bits per heavy atom. The molecule has 2 fully saturated rings. The molecule has 39 heavy (non-hydrogen) atoms. The average molecular weight is 570 g/mol. The first-order valence-corrected chi connectivity index (χ1v) is 11.6. The summed E-state index contributed by atoms with van der Waals surface area (Å²) >= 11 is 0. The molecule has 0 saturated carbocycles. The van der Waals surface area contributed by atoms with Crippen molar-refractivity contribution < 1.29 is 72.3 Å². The number of rotatable bonds is 8. The molecule has 2 amide bonds. The summed E-state index contributed by atoms with van der Waals surface area (Å²) in [6, 6.07) is 3.18. The van der Waals surface area contributed by atoms with Crippen LogP contribution in [0.4, 0.5) is 18.9 Å². The molecule has 2 aliphatic rings. The highest BCUT2D eigenvalue weighted by Crippen LogP contribution is 2.31. The third kappa shape index (κ3) is 7.33.